The van der Waals surface area contributed by atoms with Crippen LogP contribution in [0, 0.1) is 27.7 Å². The van der Waals surface area contributed by atoms with E-state index >= 15 is 0 Å². The molecule has 152 valence electrons. The molecule has 1 aliphatic rings. The molecule has 0 atom stereocenters. The first-order valence-electron chi connectivity index (χ1n) is 9.10. The van der Waals surface area contributed by atoms with Crippen LogP contribution in [0.5, 0.6) is 0 Å². The molecule has 7 nitrogen and oxygen atoms in total. The number of rotatable bonds is 5. The summed E-state index contributed by atoms with van der Waals surface area (Å²) in [6, 6.07) is 8.74. The maximum Gasteiger partial charge on any atom is 0.269 e. The number of nitro groups is 1. The number of nitro benzene ring substituents is 1. The summed E-state index contributed by atoms with van der Waals surface area (Å²) in [5.74, 6) is -2.62. The third-order valence-electron chi connectivity index (χ3n) is 4.93. The zero-order chi connectivity index (χ0) is 21.0. The van der Waals surface area contributed by atoms with Gasteiger partial charge in [-0.05, 0) is 30.5 Å². The minimum Gasteiger partial charge on any atom is -0.352 e. The van der Waals surface area contributed by atoms with Gasteiger partial charge in [-0.15, -0.1) is 0 Å². The first-order valence-corrected chi connectivity index (χ1v) is 9.10. The lowest BCUT2D eigenvalue weighted by molar-refractivity contribution is -0.384. The number of amides is 2. The zero-order valence-electron chi connectivity index (χ0n) is 15.4. The minimum atomic E-state index is -0.905. The Hall–Kier alpha value is -3.36. The van der Waals surface area contributed by atoms with E-state index < -0.39 is 22.5 Å². The second kappa shape index (κ2) is 8.76. The summed E-state index contributed by atoms with van der Waals surface area (Å²) in [6.45, 7) is 0.841. The molecule has 9 heteroatoms. The van der Waals surface area contributed by atoms with E-state index in [9.17, 15) is 28.5 Å². The molecule has 0 aliphatic carbocycles. The Labute approximate surface area is 165 Å². The van der Waals surface area contributed by atoms with E-state index in [1.807, 2.05) is 0 Å². The normalized spacial score (nSPS) is 14.5. The van der Waals surface area contributed by atoms with Crippen LogP contribution in [0.4, 0.5) is 14.5 Å². The number of hydrogen-bond donors (Lipinski definition) is 1. The van der Waals surface area contributed by atoms with E-state index in [0.29, 0.717) is 32.0 Å². The minimum absolute atomic E-state index is 0.0188. The molecule has 1 N–H and O–H groups in total. The molecule has 2 aromatic carbocycles. The highest BCUT2D eigenvalue weighted by Crippen LogP contribution is 2.21. The number of carbonyl (C=O) groups excluding carboxylic acids is 2. The molecular weight excluding hydrogens is 384 g/mol. The number of carbonyl (C=O) groups is 2. The third-order valence-corrected chi connectivity index (χ3v) is 4.93. The lowest BCUT2D eigenvalue weighted by Gasteiger charge is -2.31. The summed E-state index contributed by atoms with van der Waals surface area (Å²) in [6.07, 6.45) is 0.862. The summed E-state index contributed by atoms with van der Waals surface area (Å²) >= 11 is 0. The van der Waals surface area contributed by atoms with E-state index in [4.69, 9.17) is 0 Å². The van der Waals surface area contributed by atoms with E-state index in [-0.39, 0.29) is 29.6 Å². The van der Waals surface area contributed by atoms with Gasteiger partial charge in [0.05, 0.1) is 10.5 Å². The Morgan fingerprint density at radius 2 is 1.76 bits per heavy atom. The molecule has 29 heavy (non-hydrogen) atoms. The van der Waals surface area contributed by atoms with Crippen molar-refractivity contribution in [2.24, 2.45) is 5.92 Å². The lowest BCUT2D eigenvalue weighted by Crippen LogP contribution is -2.43. The van der Waals surface area contributed by atoms with Crippen LogP contribution < -0.4 is 5.32 Å². The molecular formula is C20H19F2N3O4. The number of benzene rings is 2. The monoisotopic (exact) mass is 403 g/mol. The molecule has 0 saturated carbocycles. The van der Waals surface area contributed by atoms with Gasteiger partial charge in [-0.1, -0.05) is 12.1 Å². The van der Waals surface area contributed by atoms with Crippen LogP contribution in [0.15, 0.2) is 42.5 Å². The molecule has 1 heterocycles. The molecule has 0 bridgehead atoms. The fourth-order valence-corrected chi connectivity index (χ4v) is 3.25. The number of likely N-dealkylation sites (tertiary alicyclic amines) is 1. The highest BCUT2D eigenvalue weighted by molar-refractivity contribution is 5.94. The standard InChI is InChI=1S/C20H19F2N3O4/c21-15-3-6-17(18(22)11-15)20(27)24-9-7-14(8-10-24)19(26)23-12-13-1-4-16(5-2-13)25(28)29/h1-6,11,14H,7-10,12H2,(H,23,26). The molecule has 0 spiro atoms. The van der Waals surface area contributed by atoms with Crippen LogP contribution in [0.1, 0.15) is 28.8 Å². The molecule has 1 fully saturated rings. The van der Waals surface area contributed by atoms with E-state index in [1.54, 1.807) is 12.1 Å². The predicted molar refractivity (Wildman–Crippen MR) is 99.9 cm³/mol. The fraction of sp³-hybridized carbons (Fsp3) is 0.300. The first kappa shape index (κ1) is 20.4. The Kier molecular flexibility index (Phi) is 6.16. The summed E-state index contributed by atoms with van der Waals surface area (Å²) in [5.41, 5.74) is 0.533. The van der Waals surface area contributed by atoms with Crippen LogP contribution in [0.3, 0.4) is 0 Å². The summed E-state index contributed by atoms with van der Waals surface area (Å²) in [7, 11) is 0. The molecule has 0 unspecified atom stereocenters. The average molecular weight is 403 g/mol. The van der Waals surface area contributed by atoms with Crippen molar-refractivity contribution < 1.29 is 23.3 Å². The molecule has 2 amide bonds. The quantitative estimate of drug-likeness (QED) is 0.614. The molecule has 3 rings (SSSR count). The largest absolute Gasteiger partial charge is 0.352 e. The second-order valence-corrected chi connectivity index (χ2v) is 6.83. The number of nitrogens with one attached hydrogen (secondary N) is 1. The topological polar surface area (TPSA) is 92.5 Å². The van der Waals surface area contributed by atoms with Crippen LogP contribution >= 0.6 is 0 Å². The number of nitrogens with zero attached hydrogens (tertiary/aromatic N) is 2. The van der Waals surface area contributed by atoms with Gasteiger partial charge in [0.25, 0.3) is 11.6 Å². The Balaban J connectivity index is 1.50. The third kappa shape index (κ3) is 4.92. The van der Waals surface area contributed by atoms with E-state index in [2.05, 4.69) is 5.32 Å². The van der Waals surface area contributed by atoms with Gasteiger partial charge in [0.2, 0.25) is 5.91 Å². The Bertz CT molecular complexity index is 926. The van der Waals surface area contributed by atoms with Crippen LogP contribution in [-0.4, -0.2) is 34.7 Å². The smallest absolute Gasteiger partial charge is 0.269 e. The van der Waals surface area contributed by atoms with Crippen LogP contribution in [0.2, 0.25) is 0 Å². The Morgan fingerprint density at radius 1 is 1.10 bits per heavy atom. The molecule has 0 aromatic heterocycles. The number of halogens is 2. The molecule has 0 radical (unpaired) electrons. The summed E-state index contributed by atoms with van der Waals surface area (Å²) in [5, 5.41) is 13.4. The Morgan fingerprint density at radius 3 is 2.34 bits per heavy atom. The van der Waals surface area contributed by atoms with Gasteiger partial charge in [-0.3, -0.25) is 19.7 Å². The maximum atomic E-state index is 13.8. The zero-order valence-corrected chi connectivity index (χ0v) is 15.4. The van der Waals surface area contributed by atoms with Crippen molar-refractivity contribution in [1.82, 2.24) is 10.2 Å². The summed E-state index contributed by atoms with van der Waals surface area (Å²) in [4.78, 5) is 36.4. The van der Waals surface area contributed by atoms with Gasteiger partial charge in [0, 0.05) is 43.8 Å². The number of non-ortho nitro benzene ring substituents is 1. The summed E-state index contributed by atoms with van der Waals surface area (Å²) < 4.78 is 26.8. The van der Waals surface area contributed by atoms with E-state index in [1.165, 1.54) is 17.0 Å². The average Bonchev–Trinajstić information content (AvgIpc) is 2.72. The van der Waals surface area contributed by atoms with Crippen molar-refractivity contribution in [3.63, 3.8) is 0 Å². The second-order valence-electron chi connectivity index (χ2n) is 6.83. The van der Waals surface area contributed by atoms with Crippen LogP contribution in [0.25, 0.3) is 0 Å². The molecule has 2 aromatic rings. The lowest BCUT2D eigenvalue weighted by atomic mass is 9.95. The SMILES string of the molecule is O=C(NCc1ccc([N+](=O)[O-])cc1)C1CCN(C(=O)c2ccc(F)cc2F)CC1. The maximum absolute atomic E-state index is 13.8. The molecule has 1 aliphatic heterocycles. The van der Waals surface area contributed by atoms with Gasteiger partial charge in [-0.25, -0.2) is 8.78 Å². The highest BCUT2D eigenvalue weighted by atomic mass is 19.1. The van der Waals surface area contributed by atoms with E-state index in [0.717, 1.165) is 17.7 Å². The first-order chi connectivity index (χ1) is 13.8. The van der Waals surface area contributed by atoms with Crippen molar-refractivity contribution >= 4 is 17.5 Å². The van der Waals surface area contributed by atoms with Gasteiger partial charge < -0.3 is 10.2 Å². The van der Waals surface area contributed by atoms with Gasteiger partial charge in [0.15, 0.2) is 0 Å². The van der Waals surface area contributed by atoms with Crippen molar-refractivity contribution in [3.05, 3.63) is 75.3 Å². The van der Waals surface area contributed by atoms with Crippen molar-refractivity contribution in [1.29, 1.82) is 0 Å². The van der Waals surface area contributed by atoms with Crippen molar-refractivity contribution in [2.45, 2.75) is 19.4 Å². The van der Waals surface area contributed by atoms with Crippen molar-refractivity contribution in [2.75, 3.05) is 13.1 Å². The fourth-order valence-electron chi connectivity index (χ4n) is 3.25. The van der Waals surface area contributed by atoms with Crippen LogP contribution in [-0.2, 0) is 11.3 Å². The highest BCUT2D eigenvalue weighted by Gasteiger charge is 2.28. The van der Waals surface area contributed by atoms with Gasteiger partial charge >= 0.3 is 0 Å². The predicted octanol–water partition coefficient (Wildman–Crippen LogP) is 3.04. The number of hydrogen-bond acceptors (Lipinski definition) is 4. The van der Waals surface area contributed by atoms with Crippen molar-refractivity contribution in [3.8, 4) is 0 Å². The molecule has 1 saturated heterocycles. The number of piperidine rings is 1. The van der Waals surface area contributed by atoms with Gasteiger partial charge in [-0.2, -0.15) is 0 Å². The van der Waals surface area contributed by atoms with Gasteiger partial charge in [0.1, 0.15) is 11.6 Å².